The number of hydrogen-bond acceptors (Lipinski definition) is 4. The maximum atomic E-state index is 12.6. The number of benzene rings is 1. The van der Waals surface area contributed by atoms with E-state index in [9.17, 15) is 4.79 Å². The Morgan fingerprint density at radius 2 is 2.04 bits per heavy atom. The number of carbonyl (C=O) groups is 1. The van der Waals surface area contributed by atoms with Crippen LogP contribution in [0.2, 0.25) is 0 Å². The third-order valence-corrected chi connectivity index (χ3v) is 4.24. The van der Waals surface area contributed by atoms with Gasteiger partial charge in [-0.2, -0.15) is 0 Å². The molecule has 2 aromatic rings. The van der Waals surface area contributed by atoms with Gasteiger partial charge in [-0.3, -0.25) is 4.79 Å². The molecule has 1 amide bonds. The number of carbonyl (C=O) groups excluding carboxylic acids is 1. The van der Waals surface area contributed by atoms with Crippen molar-refractivity contribution < 1.29 is 4.79 Å². The fraction of sp³-hybridized carbons (Fsp3) is 0.333. The van der Waals surface area contributed by atoms with Gasteiger partial charge in [0.05, 0.1) is 5.56 Å². The molecule has 120 valence electrons. The van der Waals surface area contributed by atoms with Crippen LogP contribution in [0, 0.1) is 0 Å². The first kappa shape index (κ1) is 15.5. The van der Waals surface area contributed by atoms with E-state index in [2.05, 4.69) is 17.2 Å². The van der Waals surface area contributed by atoms with E-state index < -0.39 is 0 Å². The van der Waals surface area contributed by atoms with E-state index in [0.29, 0.717) is 5.56 Å². The van der Waals surface area contributed by atoms with Crippen molar-refractivity contribution in [1.82, 2.24) is 15.2 Å². The minimum absolute atomic E-state index is 0.0559. The Morgan fingerprint density at radius 1 is 1.26 bits per heavy atom. The van der Waals surface area contributed by atoms with Crippen LogP contribution >= 0.6 is 0 Å². The van der Waals surface area contributed by atoms with Crippen LogP contribution in [0.4, 0.5) is 11.5 Å². The standard InChI is InChI=1S/C18H22N4O/c1-14-12-19-10-11-22(14)18(23)15-8-9-17(20-13-15)21(2)16-6-4-3-5-7-16/h3-9,13-14,19H,10-12H2,1-2H3. The summed E-state index contributed by atoms with van der Waals surface area (Å²) in [5.41, 5.74) is 1.71. The summed E-state index contributed by atoms with van der Waals surface area (Å²) in [6.07, 6.45) is 1.67. The molecule has 0 aliphatic carbocycles. The predicted molar refractivity (Wildman–Crippen MR) is 92.1 cm³/mol. The van der Waals surface area contributed by atoms with Crippen molar-refractivity contribution >= 4 is 17.4 Å². The van der Waals surface area contributed by atoms with Gasteiger partial charge in [0.25, 0.3) is 5.91 Å². The van der Waals surface area contributed by atoms with Crippen molar-refractivity contribution in [3.8, 4) is 0 Å². The molecule has 2 heterocycles. The van der Waals surface area contributed by atoms with E-state index >= 15 is 0 Å². The Bertz CT molecular complexity index is 656. The van der Waals surface area contributed by atoms with Crippen LogP contribution < -0.4 is 10.2 Å². The number of rotatable bonds is 3. The molecule has 5 nitrogen and oxygen atoms in total. The van der Waals surface area contributed by atoms with Crippen LogP contribution in [0.1, 0.15) is 17.3 Å². The van der Waals surface area contributed by atoms with Gasteiger partial charge >= 0.3 is 0 Å². The molecular formula is C18H22N4O. The molecule has 0 spiro atoms. The van der Waals surface area contributed by atoms with Crippen LogP contribution in [0.3, 0.4) is 0 Å². The Labute approximate surface area is 136 Å². The highest BCUT2D eigenvalue weighted by Gasteiger charge is 2.24. The Kier molecular flexibility index (Phi) is 4.57. The van der Waals surface area contributed by atoms with Crippen molar-refractivity contribution in [2.24, 2.45) is 0 Å². The first-order valence-corrected chi connectivity index (χ1v) is 7.93. The fourth-order valence-corrected chi connectivity index (χ4v) is 2.80. The van der Waals surface area contributed by atoms with Crippen molar-refractivity contribution in [3.63, 3.8) is 0 Å². The van der Waals surface area contributed by atoms with Crippen molar-refractivity contribution in [1.29, 1.82) is 0 Å². The van der Waals surface area contributed by atoms with Gasteiger partial charge in [-0.05, 0) is 31.2 Å². The molecule has 5 heteroatoms. The summed E-state index contributed by atoms with van der Waals surface area (Å²) in [6.45, 7) is 4.49. The highest BCUT2D eigenvalue weighted by molar-refractivity contribution is 5.94. The lowest BCUT2D eigenvalue weighted by atomic mass is 10.1. The van der Waals surface area contributed by atoms with Crippen LogP contribution in [0.5, 0.6) is 0 Å². The van der Waals surface area contributed by atoms with Gasteiger partial charge in [-0.25, -0.2) is 4.98 Å². The summed E-state index contributed by atoms with van der Waals surface area (Å²) in [5, 5.41) is 3.30. The molecule has 1 atom stereocenters. The van der Waals surface area contributed by atoms with E-state index in [-0.39, 0.29) is 11.9 Å². The SMILES string of the molecule is CC1CNCCN1C(=O)c1ccc(N(C)c2ccccc2)nc1. The smallest absolute Gasteiger partial charge is 0.255 e. The van der Waals surface area contributed by atoms with Gasteiger partial charge in [0.15, 0.2) is 0 Å². The molecule has 3 rings (SSSR count). The molecule has 1 saturated heterocycles. The molecular weight excluding hydrogens is 288 g/mol. The van der Waals surface area contributed by atoms with Crippen LogP contribution in [0.25, 0.3) is 0 Å². The number of anilines is 2. The summed E-state index contributed by atoms with van der Waals surface area (Å²) in [7, 11) is 1.97. The minimum Gasteiger partial charge on any atom is -0.333 e. The van der Waals surface area contributed by atoms with Crippen LogP contribution in [-0.2, 0) is 0 Å². The number of piperazine rings is 1. The normalized spacial score (nSPS) is 17.8. The van der Waals surface area contributed by atoms with E-state index in [0.717, 1.165) is 31.1 Å². The maximum absolute atomic E-state index is 12.6. The summed E-state index contributed by atoms with van der Waals surface area (Å²) in [4.78, 5) is 21.0. The summed E-state index contributed by atoms with van der Waals surface area (Å²) in [5.74, 6) is 0.876. The molecule has 1 aliphatic heterocycles. The minimum atomic E-state index is 0.0559. The van der Waals surface area contributed by atoms with E-state index in [1.165, 1.54) is 0 Å². The predicted octanol–water partition coefficient (Wildman–Crippen LogP) is 2.28. The highest BCUT2D eigenvalue weighted by Crippen LogP contribution is 2.21. The van der Waals surface area contributed by atoms with E-state index in [1.807, 2.05) is 59.3 Å². The van der Waals surface area contributed by atoms with Crippen molar-refractivity contribution in [2.45, 2.75) is 13.0 Å². The van der Waals surface area contributed by atoms with Crippen molar-refractivity contribution in [3.05, 3.63) is 54.2 Å². The van der Waals surface area contributed by atoms with Gasteiger partial charge in [-0.1, -0.05) is 18.2 Å². The third-order valence-electron chi connectivity index (χ3n) is 4.24. The first-order valence-electron chi connectivity index (χ1n) is 7.93. The monoisotopic (exact) mass is 310 g/mol. The Hall–Kier alpha value is -2.40. The Balaban J connectivity index is 1.75. The number of hydrogen-bond donors (Lipinski definition) is 1. The maximum Gasteiger partial charge on any atom is 0.255 e. The lowest BCUT2D eigenvalue weighted by Gasteiger charge is -2.34. The topological polar surface area (TPSA) is 48.5 Å². The van der Waals surface area contributed by atoms with Crippen LogP contribution in [0.15, 0.2) is 48.7 Å². The molecule has 0 radical (unpaired) electrons. The number of aromatic nitrogens is 1. The van der Waals surface area contributed by atoms with E-state index in [1.54, 1.807) is 6.20 Å². The fourth-order valence-electron chi connectivity index (χ4n) is 2.80. The highest BCUT2D eigenvalue weighted by atomic mass is 16.2. The number of nitrogens with zero attached hydrogens (tertiary/aromatic N) is 3. The van der Waals surface area contributed by atoms with Crippen LogP contribution in [-0.4, -0.2) is 48.5 Å². The number of pyridine rings is 1. The Morgan fingerprint density at radius 3 is 2.70 bits per heavy atom. The van der Waals surface area contributed by atoms with Gasteiger partial charge in [-0.15, -0.1) is 0 Å². The molecule has 1 aromatic carbocycles. The second-order valence-electron chi connectivity index (χ2n) is 5.85. The molecule has 1 fully saturated rings. The number of amides is 1. The van der Waals surface area contributed by atoms with Gasteiger partial charge in [0, 0.05) is 44.6 Å². The lowest BCUT2D eigenvalue weighted by Crippen LogP contribution is -2.52. The van der Waals surface area contributed by atoms with Crippen molar-refractivity contribution in [2.75, 3.05) is 31.6 Å². The third kappa shape index (κ3) is 3.35. The molecule has 1 unspecified atom stereocenters. The number of para-hydroxylation sites is 1. The average molecular weight is 310 g/mol. The quantitative estimate of drug-likeness (QED) is 0.945. The van der Waals surface area contributed by atoms with Gasteiger partial charge < -0.3 is 15.1 Å². The molecule has 1 aliphatic rings. The molecule has 1 N–H and O–H groups in total. The zero-order valence-corrected chi connectivity index (χ0v) is 13.6. The molecule has 0 saturated carbocycles. The largest absolute Gasteiger partial charge is 0.333 e. The second-order valence-corrected chi connectivity index (χ2v) is 5.85. The molecule has 23 heavy (non-hydrogen) atoms. The summed E-state index contributed by atoms with van der Waals surface area (Å²) < 4.78 is 0. The zero-order valence-electron chi connectivity index (χ0n) is 13.6. The van der Waals surface area contributed by atoms with Gasteiger partial charge in [0.1, 0.15) is 5.82 Å². The number of nitrogens with one attached hydrogen (secondary N) is 1. The lowest BCUT2D eigenvalue weighted by molar-refractivity contribution is 0.0655. The van der Waals surface area contributed by atoms with Gasteiger partial charge in [0.2, 0.25) is 0 Å². The average Bonchev–Trinajstić information content (AvgIpc) is 2.62. The van der Waals surface area contributed by atoms with E-state index in [4.69, 9.17) is 0 Å². The zero-order chi connectivity index (χ0) is 16.2. The second kappa shape index (κ2) is 6.79. The summed E-state index contributed by atoms with van der Waals surface area (Å²) in [6, 6.07) is 14.0. The molecule has 1 aromatic heterocycles. The first-order chi connectivity index (χ1) is 11.2. The summed E-state index contributed by atoms with van der Waals surface area (Å²) >= 11 is 0. The molecule has 0 bridgehead atoms.